The maximum atomic E-state index is 13.3. The molecule has 7 nitrogen and oxygen atoms in total. The Kier molecular flexibility index (Phi) is 4.82. The molecule has 3 aromatic rings. The van der Waals surface area contributed by atoms with Crippen molar-refractivity contribution in [1.29, 1.82) is 0 Å². The lowest BCUT2D eigenvalue weighted by molar-refractivity contribution is 0.0634. The highest BCUT2D eigenvalue weighted by molar-refractivity contribution is 7.91. The van der Waals surface area contributed by atoms with Gasteiger partial charge in [-0.1, -0.05) is 6.07 Å². The third kappa shape index (κ3) is 3.85. The van der Waals surface area contributed by atoms with Gasteiger partial charge in [-0.25, -0.2) is 8.42 Å². The average Bonchev–Trinajstić information content (AvgIpc) is 3.27. The topological polar surface area (TPSA) is 97.8 Å². The molecule has 1 saturated heterocycles. The van der Waals surface area contributed by atoms with Crippen LogP contribution in [0, 0.1) is 13.8 Å². The van der Waals surface area contributed by atoms with Gasteiger partial charge in [0, 0.05) is 12.1 Å². The Hall–Kier alpha value is -2.87. The van der Waals surface area contributed by atoms with E-state index in [2.05, 4.69) is 0 Å². The Morgan fingerprint density at radius 3 is 2.69 bits per heavy atom. The SMILES string of the molecule is Cc1cc(C)c2c(=O)cc(C(=O)N(Cc3ccco3)[C@H]3CCS(=O)(=O)C3)oc2c1. The van der Waals surface area contributed by atoms with Crippen LogP contribution in [0.25, 0.3) is 11.0 Å². The molecular formula is C21H21NO6S. The van der Waals surface area contributed by atoms with E-state index < -0.39 is 21.8 Å². The predicted octanol–water partition coefficient (Wildman–Crippen LogP) is 2.83. The zero-order chi connectivity index (χ0) is 20.8. The number of carbonyl (C=O) groups excluding carboxylic acids is 1. The summed E-state index contributed by atoms with van der Waals surface area (Å²) in [6.45, 7) is 3.80. The Labute approximate surface area is 167 Å². The lowest BCUT2D eigenvalue weighted by atomic mass is 10.1. The lowest BCUT2D eigenvalue weighted by Crippen LogP contribution is -2.40. The minimum Gasteiger partial charge on any atom is -0.467 e. The van der Waals surface area contributed by atoms with Crippen molar-refractivity contribution in [2.45, 2.75) is 32.9 Å². The van der Waals surface area contributed by atoms with Crippen molar-refractivity contribution in [2.75, 3.05) is 11.5 Å². The number of furan rings is 1. The second kappa shape index (κ2) is 7.18. The number of hydrogen-bond donors (Lipinski definition) is 0. The quantitative estimate of drug-likeness (QED) is 0.650. The van der Waals surface area contributed by atoms with Gasteiger partial charge < -0.3 is 13.7 Å². The molecule has 1 aromatic carbocycles. The second-order valence-electron chi connectivity index (χ2n) is 7.50. The van der Waals surface area contributed by atoms with Gasteiger partial charge in [0.2, 0.25) is 0 Å². The third-order valence-corrected chi connectivity index (χ3v) is 6.95. The summed E-state index contributed by atoms with van der Waals surface area (Å²) in [6, 6.07) is 7.70. The molecule has 0 aliphatic carbocycles. The van der Waals surface area contributed by atoms with Crippen molar-refractivity contribution in [3.05, 3.63) is 69.5 Å². The number of hydrogen-bond acceptors (Lipinski definition) is 6. The first kappa shape index (κ1) is 19.4. The molecule has 0 bridgehead atoms. The first-order chi connectivity index (χ1) is 13.7. The fraction of sp³-hybridized carbons (Fsp3) is 0.333. The molecule has 0 spiro atoms. The van der Waals surface area contributed by atoms with Crippen molar-refractivity contribution in [2.24, 2.45) is 0 Å². The summed E-state index contributed by atoms with van der Waals surface area (Å²) < 4.78 is 35.1. The summed E-state index contributed by atoms with van der Waals surface area (Å²) in [7, 11) is -3.21. The van der Waals surface area contributed by atoms with Crippen LogP contribution in [0.3, 0.4) is 0 Å². The highest BCUT2D eigenvalue weighted by Gasteiger charge is 2.36. The van der Waals surface area contributed by atoms with Gasteiger partial charge in [0.1, 0.15) is 11.3 Å². The van der Waals surface area contributed by atoms with Crippen LogP contribution in [-0.2, 0) is 16.4 Å². The van der Waals surface area contributed by atoms with Crippen molar-refractivity contribution in [1.82, 2.24) is 4.90 Å². The standard InChI is InChI=1S/C21H21NO6S/c1-13-8-14(2)20-17(23)10-19(28-18(20)9-13)21(24)22(11-16-4-3-6-27-16)15-5-7-29(25,26)12-15/h3-4,6,8-10,15H,5,7,11-12H2,1-2H3/t15-/m0/s1. The Bertz CT molecular complexity index is 1240. The molecule has 0 unspecified atom stereocenters. The van der Waals surface area contributed by atoms with Crippen LogP contribution in [-0.4, -0.2) is 36.8 Å². The molecule has 0 N–H and O–H groups in total. The normalized spacial score (nSPS) is 18.2. The number of rotatable bonds is 4. The predicted molar refractivity (Wildman–Crippen MR) is 108 cm³/mol. The van der Waals surface area contributed by atoms with Crippen LogP contribution >= 0.6 is 0 Å². The molecule has 1 amide bonds. The number of fused-ring (bicyclic) bond motifs is 1. The number of sulfone groups is 1. The van der Waals surface area contributed by atoms with Crippen molar-refractivity contribution in [3.63, 3.8) is 0 Å². The van der Waals surface area contributed by atoms with Gasteiger partial charge in [0.15, 0.2) is 21.0 Å². The first-order valence-corrected chi connectivity index (χ1v) is 11.1. The largest absolute Gasteiger partial charge is 0.467 e. The van der Waals surface area contributed by atoms with E-state index in [1.165, 1.54) is 17.2 Å². The zero-order valence-corrected chi connectivity index (χ0v) is 17.0. The van der Waals surface area contributed by atoms with Crippen LogP contribution in [0.1, 0.15) is 33.9 Å². The Balaban J connectivity index is 1.76. The number of amides is 1. The molecule has 1 aliphatic rings. The Morgan fingerprint density at radius 1 is 1.24 bits per heavy atom. The van der Waals surface area contributed by atoms with E-state index >= 15 is 0 Å². The molecule has 29 heavy (non-hydrogen) atoms. The van der Waals surface area contributed by atoms with Gasteiger partial charge in [-0.3, -0.25) is 9.59 Å². The summed E-state index contributed by atoms with van der Waals surface area (Å²) in [5, 5.41) is 0.438. The van der Waals surface area contributed by atoms with E-state index in [1.807, 2.05) is 19.9 Å². The molecule has 1 atom stereocenters. The summed E-state index contributed by atoms with van der Waals surface area (Å²) in [5.74, 6) is -0.197. The van der Waals surface area contributed by atoms with Crippen LogP contribution in [0.2, 0.25) is 0 Å². The molecule has 8 heteroatoms. The van der Waals surface area contributed by atoms with Gasteiger partial charge in [-0.05, 0) is 49.6 Å². The first-order valence-electron chi connectivity index (χ1n) is 9.32. The highest BCUT2D eigenvalue weighted by atomic mass is 32.2. The van der Waals surface area contributed by atoms with Crippen LogP contribution in [0.5, 0.6) is 0 Å². The molecule has 2 aromatic heterocycles. The maximum absolute atomic E-state index is 13.3. The van der Waals surface area contributed by atoms with Crippen LogP contribution in [0.15, 0.2) is 50.2 Å². The maximum Gasteiger partial charge on any atom is 0.290 e. The molecule has 0 radical (unpaired) electrons. The van der Waals surface area contributed by atoms with Crippen molar-refractivity contribution < 1.29 is 22.0 Å². The van der Waals surface area contributed by atoms with E-state index in [0.29, 0.717) is 23.2 Å². The minimum absolute atomic E-state index is 0.0274. The van der Waals surface area contributed by atoms with Crippen LogP contribution < -0.4 is 5.43 Å². The van der Waals surface area contributed by atoms with Gasteiger partial charge in [0.05, 0.1) is 29.7 Å². The highest BCUT2D eigenvalue weighted by Crippen LogP contribution is 2.24. The van der Waals surface area contributed by atoms with Crippen LogP contribution in [0.4, 0.5) is 0 Å². The zero-order valence-electron chi connectivity index (χ0n) is 16.2. The Morgan fingerprint density at radius 2 is 2.03 bits per heavy atom. The van der Waals surface area contributed by atoms with Gasteiger partial charge in [-0.15, -0.1) is 0 Å². The van der Waals surface area contributed by atoms with E-state index in [0.717, 1.165) is 11.1 Å². The van der Waals surface area contributed by atoms with Gasteiger partial charge in [0.25, 0.3) is 5.91 Å². The summed E-state index contributed by atoms with van der Waals surface area (Å²) >= 11 is 0. The number of aryl methyl sites for hydroxylation is 2. The number of carbonyl (C=O) groups is 1. The number of benzene rings is 1. The molecule has 4 rings (SSSR count). The second-order valence-corrected chi connectivity index (χ2v) is 9.73. The number of nitrogens with zero attached hydrogens (tertiary/aromatic N) is 1. The van der Waals surface area contributed by atoms with Gasteiger partial charge in [-0.2, -0.15) is 0 Å². The molecule has 152 valence electrons. The molecule has 0 saturated carbocycles. The van der Waals surface area contributed by atoms with Crippen molar-refractivity contribution >= 4 is 26.7 Å². The van der Waals surface area contributed by atoms with Crippen molar-refractivity contribution in [3.8, 4) is 0 Å². The van der Waals surface area contributed by atoms with E-state index in [9.17, 15) is 18.0 Å². The fourth-order valence-corrected chi connectivity index (χ4v) is 5.60. The van der Waals surface area contributed by atoms with Gasteiger partial charge >= 0.3 is 0 Å². The smallest absolute Gasteiger partial charge is 0.290 e. The molecule has 1 aliphatic heterocycles. The fourth-order valence-electron chi connectivity index (χ4n) is 3.87. The van der Waals surface area contributed by atoms with E-state index in [4.69, 9.17) is 8.83 Å². The minimum atomic E-state index is -3.21. The molecule has 3 heterocycles. The lowest BCUT2D eigenvalue weighted by Gasteiger charge is -2.27. The van der Waals surface area contributed by atoms with E-state index in [-0.39, 0.29) is 29.2 Å². The third-order valence-electron chi connectivity index (χ3n) is 5.20. The summed E-state index contributed by atoms with van der Waals surface area (Å²) in [5.41, 5.74) is 1.73. The molecular weight excluding hydrogens is 394 g/mol. The monoisotopic (exact) mass is 415 g/mol. The summed E-state index contributed by atoms with van der Waals surface area (Å²) in [6.07, 6.45) is 1.83. The van der Waals surface area contributed by atoms with E-state index in [1.54, 1.807) is 18.2 Å². The summed E-state index contributed by atoms with van der Waals surface area (Å²) in [4.78, 5) is 27.4. The average molecular weight is 415 g/mol. The molecule has 1 fully saturated rings.